The van der Waals surface area contributed by atoms with Crippen molar-refractivity contribution in [2.75, 3.05) is 19.1 Å². The Bertz CT molecular complexity index is 296. The van der Waals surface area contributed by atoms with Crippen molar-refractivity contribution < 1.29 is 17.4 Å². The fraction of sp³-hybridized carbons (Fsp3) is 1.00. The molecule has 0 aliphatic heterocycles. The van der Waals surface area contributed by atoms with Gasteiger partial charge in [0.1, 0.15) is 0 Å². The van der Waals surface area contributed by atoms with Gasteiger partial charge in [-0.3, -0.25) is 9.11 Å². The van der Waals surface area contributed by atoms with Gasteiger partial charge in [0.05, 0.1) is 5.92 Å². The fourth-order valence-corrected chi connectivity index (χ4v) is 3.56. The molecule has 0 heterocycles. The van der Waals surface area contributed by atoms with Gasteiger partial charge in [0.25, 0.3) is 0 Å². The van der Waals surface area contributed by atoms with Gasteiger partial charge in [-0.05, 0) is 33.2 Å². The zero-order valence-corrected chi connectivity index (χ0v) is 12.0. The molecule has 0 saturated heterocycles. The summed E-state index contributed by atoms with van der Waals surface area (Å²) >= 11 is 0. The van der Waals surface area contributed by atoms with E-state index in [0.717, 1.165) is 6.42 Å². The van der Waals surface area contributed by atoms with Crippen LogP contribution in [-0.4, -0.2) is 46.4 Å². The molecule has 1 rings (SSSR count). The zero-order valence-electron chi connectivity index (χ0n) is 11.2. The highest BCUT2D eigenvalue weighted by atomic mass is 32.2. The number of alkyl halides is 3. The summed E-state index contributed by atoms with van der Waals surface area (Å²) in [4.78, 5) is 1.97. The topological polar surface area (TPSA) is 20.3 Å². The summed E-state index contributed by atoms with van der Waals surface area (Å²) in [5.74, 6) is -0.651. The zero-order chi connectivity index (χ0) is 13.9. The van der Waals surface area contributed by atoms with Gasteiger partial charge in [-0.2, -0.15) is 13.2 Å². The van der Waals surface area contributed by atoms with Crippen molar-refractivity contribution in [2.24, 2.45) is 5.92 Å². The molecule has 0 aromatic rings. The second-order valence-corrected chi connectivity index (χ2v) is 6.79. The van der Waals surface area contributed by atoms with E-state index < -0.39 is 22.9 Å². The molecule has 1 fully saturated rings. The minimum absolute atomic E-state index is 0.0380. The Hall–Kier alpha value is -0.100. The van der Waals surface area contributed by atoms with Crippen molar-refractivity contribution in [3.05, 3.63) is 0 Å². The molecule has 1 aliphatic carbocycles. The van der Waals surface area contributed by atoms with E-state index in [0.29, 0.717) is 12.2 Å². The van der Waals surface area contributed by atoms with E-state index in [1.54, 1.807) is 6.26 Å². The minimum atomic E-state index is -4.07. The molecule has 0 aromatic heterocycles. The molecule has 0 spiro atoms. The Morgan fingerprint density at radius 1 is 1.39 bits per heavy atom. The molecule has 0 N–H and O–H groups in total. The van der Waals surface area contributed by atoms with Gasteiger partial charge < -0.3 is 0 Å². The quantitative estimate of drug-likeness (QED) is 0.791. The Morgan fingerprint density at radius 2 is 2.00 bits per heavy atom. The molecule has 0 unspecified atom stereocenters. The molecular formula is C12H22F3NOS. The van der Waals surface area contributed by atoms with E-state index in [2.05, 4.69) is 0 Å². The predicted molar refractivity (Wildman–Crippen MR) is 68.0 cm³/mol. The van der Waals surface area contributed by atoms with Crippen LogP contribution in [0.25, 0.3) is 0 Å². The number of rotatable bonds is 4. The minimum Gasteiger partial charge on any atom is -0.300 e. The highest BCUT2D eigenvalue weighted by Crippen LogP contribution is 2.39. The lowest BCUT2D eigenvalue weighted by Crippen LogP contribution is -2.45. The largest absolute Gasteiger partial charge is 0.391 e. The standard InChI is InChI=1S/C12H22F3NOS/c1-9(8-18(3)17)16(2)11-6-4-5-10(7-11)12(13,14)15/h9-11H,4-8H2,1-3H3/t9-,10-,11+,18+/m1/s1. The van der Waals surface area contributed by atoms with Crippen molar-refractivity contribution in [1.29, 1.82) is 0 Å². The van der Waals surface area contributed by atoms with Crippen LogP contribution in [0.15, 0.2) is 0 Å². The maximum atomic E-state index is 12.7. The van der Waals surface area contributed by atoms with Crippen LogP contribution in [0, 0.1) is 5.92 Å². The van der Waals surface area contributed by atoms with Gasteiger partial charge in [-0.1, -0.05) is 6.42 Å². The first-order valence-electron chi connectivity index (χ1n) is 6.30. The van der Waals surface area contributed by atoms with Gasteiger partial charge >= 0.3 is 6.18 Å². The van der Waals surface area contributed by atoms with E-state index in [4.69, 9.17) is 0 Å². The van der Waals surface area contributed by atoms with E-state index in [1.807, 2.05) is 18.9 Å². The summed E-state index contributed by atoms with van der Waals surface area (Å²) in [5.41, 5.74) is 0. The highest BCUT2D eigenvalue weighted by Gasteiger charge is 2.43. The number of hydrogen-bond donors (Lipinski definition) is 0. The average molecular weight is 285 g/mol. The smallest absolute Gasteiger partial charge is 0.300 e. The van der Waals surface area contributed by atoms with Crippen molar-refractivity contribution >= 4 is 10.8 Å². The van der Waals surface area contributed by atoms with Crippen molar-refractivity contribution in [2.45, 2.75) is 50.9 Å². The normalized spacial score (nSPS) is 29.3. The highest BCUT2D eigenvalue weighted by molar-refractivity contribution is 7.84. The lowest BCUT2D eigenvalue weighted by molar-refractivity contribution is -0.186. The van der Waals surface area contributed by atoms with Crippen LogP contribution in [0.1, 0.15) is 32.6 Å². The van der Waals surface area contributed by atoms with Gasteiger partial charge in [0, 0.05) is 34.9 Å². The van der Waals surface area contributed by atoms with Crippen molar-refractivity contribution in [3.8, 4) is 0 Å². The predicted octanol–water partition coefficient (Wildman–Crippen LogP) is 2.81. The molecule has 0 bridgehead atoms. The van der Waals surface area contributed by atoms with E-state index in [-0.39, 0.29) is 24.9 Å². The Labute approximate surface area is 109 Å². The molecular weight excluding hydrogens is 263 g/mol. The summed E-state index contributed by atoms with van der Waals surface area (Å²) < 4.78 is 49.3. The van der Waals surface area contributed by atoms with E-state index >= 15 is 0 Å². The molecule has 4 atom stereocenters. The van der Waals surface area contributed by atoms with Crippen molar-refractivity contribution in [1.82, 2.24) is 4.90 Å². The van der Waals surface area contributed by atoms with Gasteiger partial charge in [0.2, 0.25) is 0 Å². The number of hydrogen-bond acceptors (Lipinski definition) is 2. The molecule has 2 nitrogen and oxygen atoms in total. The summed E-state index contributed by atoms with van der Waals surface area (Å²) in [7, 11) is 0.938. The first kappa shape index (κ1) is 16.0. The van der Waals surface area contributed by atoms with Crippen LogP contribution in [0.5, 0.6) is 0 Å². The van der Waals surface area contributed by atoms with Crippen LogP contribution >= 0.6 is 0 Å². The Morgan fingerprint density at radius 3 is 2.50 bits per heavy atom. The van der Waals surface area contributed by atoms with E-state index in [1.165, 1.54) is 0 Å². The summed E-state index contributed by atoms with van der Waals surface area (Å²) in [5, 5.41) is 0. The second-order valence-electron chi connectivity index (χ2n) is 5.31. The Balaban J connectivity index is 2.58. The van der Waals surface area contributed by atoms with Crippen LogP contribution < -0.4 is 0 Å². The summed E-state index contributed by atoms with van der Waals surface area (Å²) in [6, 6.07) is 0.0248. The first-order chi connectivity index (χ1) is 8.21. The lowest BCUT2D eigenvalue weighted by atomic mass is 9.84. The van der Waals surface area contributed by atoms with Gasteiger partial charge in [-0.25, -0.2) is 0 Å². The number of halogens is 3. The van der Waals surface area contributed by atoms with Crippen molar-refractivity contribution in [3.63, 3.8) is 0 Å². The molecule has 18 heavy (non-hydrogen) atoms. The van der Waals surface area contributed by atoms with Crippen LogP contribution in [-0.2, 0) is 10.8 Å². The monoisotopic (exact) mass is 285 g/mol. The third-order valence-corrected chi connectivity index (χ3v) is 4.81. The van der Waals surface area contributed by atoms with Gasteiger partial charge in [0.15, 0.2) is 0 Å². The maximum Gasteiger partial charge on any atom is 0.391 e. The van der Waals surface area contributed by atoms with E-state index in [9.17, 15) is 17.4 Å². The molecule has 108 valence electrons. The molecule has 0 radical (unpaired) electrons. The third-order valence-electron chi connectivity index (χ3n) is 3.86. The molecule has 1 saturated carbocycles. The maximum absolute atomic E-state index is 12.7. The summed E-state index contributed by atoms with van der Waals surface area (Å²) in [6.45, 7) is 1.93. The third kappa shape index (κ3) is 4.53. The SMILES string of the molecule is C[C@H](C[S@](C)=O)N(C)[C@H]1CCC[C@@H](C(F)(F)F)C1. The molecule has 6 heteroatoms. The van der Waals surface area contributed by atoms with Crippen LogP contribution in [0.4, 0.5) is 13.2 Å². The second kappa shape index (κ2) is 6.37. The van der Waals surface area contributed by atoms with Gasteiger partial charge in [-0.15, -0.1) is 0 Å². The first-order valence-corrected chi connectivity index (χ1v) is 8.03. The lowest BCUT2D eigenvalue weighted by Gasteiger charge is -2.38. The van der Waals surface area contributed by atoms with Crippen LogP contribution in [0.3, 0.4) is 0 Å². The van der Waals surface area contributed by atoms with Crippen LogP contribution in [0.2, 0.25) is 0 Å². The number of nitrogens with zero attached hydrogens (tertiary/aromatic N) is 1. The average Bonchev–Trinajstić information content (AvgIpc) is 2.26. The molecule has 0 aromatic carbocycles. The summed E-state index contributed by atoms with van der Waals surface area (Å²) in [6.07, 6.45) is -0.576. The molecule has 1 aliphatic rings. The molecule has 0 amide bonds. The Kier molecular flexibility index (Phi) is 5.65. The fourth-order valence-electron chi connectivity index (χ4n) is 2.65.